The minimum atomic E-state index is -0.914. The van der Waals surface area contributed by atoms with Gasteiger partial charge in [-0.1, -0.05) is 26.0 Å². The average molecular weight is 464 g/mol. The van der Waals surface area contributed by atoms with E-state index in [0.29, 0.717) is 12.1 Å². The summed E-state index contributed by atoms with van der Waals surface area (Å²) in [5.74, 6) is -1.89. The van der Waals surface area contributed by atoms with Crippen LogP contribution in [0, 0.1) is 5.92 Å². The van der Waals surface area contributed by atoms with Crippen molar-refractivity contribution in [3.63, 3.8) is 0 Å². The van der Waals surface area contributed by atoms with Gasteiger partial charge in [-0.15, -0.1) is 0 Å². The van der Waals surface area contributed by atoms with Crippen molar-refractivity contribution in [1.82, 2.24) is 16.0 Å². The Hall–Kier alpha value is -3.63. The molecule has 0 aliphatic carbocycles. The van der Waals surface area contributed by atoms with E-state index in [1.807, 2.05) is 0 Å². The van der Waals surface area contributed by atoms with Crippen molar-refractivity contribution in [2.45, 2.75) is 59.2 Å². The Morgan fingerprint density at radius 1 is 0.970 bits per heavy atom. The topological polar surface area (TPSA) is 169 Å². The Kier molecular flexibility index (Phi) is 11.4. The number of carbonyl (C=O) groups is 5. The summed E-state index contributed by atoms with van der Waals surface area (Å²) >= 11 is 0. The van der Waals surface area contributed by atoms with Crippen LogP contribution in [0.3, 0.4) is 0 Å². The summed E-state index contributed by atoms with van der Waals surface area (Å²) in [6.07, 6.45) is 0.613. The fourth-order valence-electron chi connectivity index (χ4n) is 2.90. The molecule has 0 saturated carbocycles. The standard InChI is InChI=1S/C22H33N5O6/c1-13(2)19(25-14(3)28)21(31)27-18(6-5-11-24-22(23)32)20(30)26-17-9-7-16(8-10-17)12-33-15(4)29/h7-10,13,18-19H,5-6,11-12H2,1-4H3,(H,25,28)(H,26,30)(H,27,31)(H3,23,24,32)/t18-,19?/m0/s1. The zero-order valence-electron chi connectivity index (χ0n) is 19.4. The van der Waals surface area contributed by atoms with E-state index in [2.05, 4.69) is 21.3 Å². The summed E-state index contributed by atoms with van der Waals surface area (Å²) in [4.78, 5) is 58.9. The van der Waals surface area contributed by atoms with Gasteiger partial charge in [0.2, 0.25) is 17.7 Å². The van der Waals surface area contributed by atoms with E-state index in [1.54, 1.807) is 38.1 Å². The molecule has 1 unspecified atom stereocenters. The molecule has 0 saturated heterocycles. The van der Waals surface area contributed by atoms with Crippen LogP contribution >= 0.6 is 0 Å². The molecule has 5 amide bonds. The summed E-state index contributed by atoms with van der Waals surface area (Å²) in [6, 6.07) is 4.31. The van der Waals surface area contributed by atoms with Crippen LogP contribution in [0.1, 0.15) is 46.1 Å². The van der Waals surface area contributed by atoms with E-state index in [-0.39, 0.29) is 31.4 Å². The van der Waals surface area contributed by atoms with Crippen LogP contribution in [-0.4, -0.2) is 48.4 Å². The van der Waals surface area contributed by atoms with Crippen molar-refractivity contribution in [3.05, 3.63) is 29.8 Å². The van der Waals surface area contributed by atoms with Crippen LogP contribution in [0.15, 0.2) is 24.3 Å². The van der Waals surface area contributed by atoms with E-state index >= 15 is 0 Å². The maximum Gasteiger partial charge on any atom is 0.312 e. The summed E-state index contributed by atoms with van der Waals surface area (Å²) < 4.78 is 4.93. The van der Waals surface area contributed by atoms with Gasteiger partial charge in [-0.3, -0.25) is 19.2 Å². The van der Waals surface area contributed by atoms with Gasteiger partial charge in [0.05, 0.1) is 0 Å². The van der Waals surface area contributed by atoms with Gasteiger partial charge in [0, 0.05) is 26.1 Å². The van der Waals surface area contributed by atoms with Crippen molar-refractivity contribution < 1.29 is 28.7 Å². The van der Waals surface area contributed by atoms with E-state index in [9.17, 15) is 24.0 Å². The fraction of sp³-hybridized carbons (Fsp3) is 0.500. The van der Waals surface area contributed by atoms with Gasteiger partial charge >= 0.3 is 12.0 Å². The molecule has 2 atom stereocenters. The Morgan fingerprint density at radius 3 is 2.12 bits per heavy atom. The first-order valence-electron chi connectivity index (χ1n) is 10.6. The summed E-state index contributed by atoms with van der Waals surface area (Å²) in [6.45, 7) is 6.55. The highest BCUT2D eigenvalue weighted by atomic mass is 16.5. The van der Waals surface area contributed by atoms with Gasteiger partial charge in [-0.2, -0.15) is 0 Å². The van der Waals surface area contributed by atoms with Crippen LogP contribution in [0.25, 0.3) is 0 Å². The van der Waals surface area contributed by atoms with Crippen LogP contribution in [0.4, 0.5) is 10.5 Å². The predicted octanol–water partition coefficient (Wildman–Crippen LogP) is 0.782. The van der Waals surface area contributed by atoms with Crippen LogP contribution in [-0.2, 0) is 30.5 Å². The third-order valence-corrected chi connectivity index (χ3v) is 4.57. The zero-order valence-corrected chi connectivity index (χ0v) is 19.4. The Bertz CT molecular complexity index is 840. The largest absolute Gasteiger partial charge is 0.461 e. The number of carbonyl (C=O) groups excluding carboxylic acids is 5. The Morgan fingerprint density at radius 2 is 1.61 bits per heavy atom. The van der Waals surface area contributed by atoms with Crippen molar-refractivity contribution in [3.8, 4) is 0 Å². The normalized spacial score (nSPS) is 12.3. The number of nitrogens with one attached hydrogen (secondary N) is 4. The van der Waals surface area contributed by atoms with E-state index in [4.69, 9.17) is 10.5 Å². The number of esters is 1. The molecule has 0 radical (unpaired) electrons. The van der Waals surface area contributed by atoms with Crippen molar-refractivity contribution >= 4 is 35.4 Å². The third-order valence-electron chi connectivity index (χ3n) is 4.57. The van der Waals surface area contributed by atoms with Gasteiger partial charge < -0.3 is 31.7 Å². The first-order valence-corrected chi connectivity index (χ1v) is 10.6. The van der Waals surface area contributed by atoms with Crippen LogP contribution in [0.2, 0.25) is 0 Å². The lowest BCUT2D eigenvalue weighted by Gasteiger charge is -2.25. The molecule has 1 aromatic rings. The number of hydrogen-bond donors (Lipinski definition) is 5. The number of nitrogens with two attached hydrogens (primary N) is 1. The van der Waals surface area contributed by atoms with Crippen LogP contribution < -0.4 is 27.0 Å². The number of urea groups is 1. The lowest BCUT2D eigenvalue weighted by Crippen LogP contribution is -2.54. The monoisotopic (exact) mass is 463 g/mol. The molecule has 0 aliphatic rings. The lowest BCUT2D eigenvalue weighted by molar-refractivity contribution is -0.142. The maximum atomic E-state index is 12.9. The molecule has 1 aromatic carbocycles. The molecule has 0 fully saturated rings. The number of ether oxygens (including phenoxy) is 1. The molecule has 0 spiro atoms. The van der Waals surface area contributed by atoms with Gasteiger partial charge in [-0.05, 0) is 36.5 Å². The molecule has 0 aromatic heterocycles. The first kappa shape index (κ1) is 27.4. The first-order chi connectivity index (χ1) is 15.5. The second kappa shape index (κ2) is 13.7. The second-order valence-electron chi connectivity index (χ2n) is 7.88. The number of anilines is 1. The highest BCUT2D eigenvalue weighted by molar-refractivity contribution is 5.98. The lowest BCUT2D eigenvalue weighted by atomic mass is 10.0. The molecule has 1 rings (SSSR count). The molecule has 182 valence electrons. The number of amides is 5. The molecule has 0 heterocycles. The fourth-order valence-corrected chi connectivity index (χ4v) is 2.90. The third kappa shape index (κ3) is 11.0. The van der Waals surface area contributed by atoms with E-state index in [1.165, 1.54) is 13.8 Å². The SMILES string of the molecule is CC(=O)NC(C(=O)N[C@@H](CCCNC(N)=O)C(=O)Nc1ccc(COC(C)=O)cc1)C(C)C. The molecule has 0 bridgehead atoms. The quantitative estimate of drug-likeness (QED) is 0.227. The van der Waals surface area contributed by atoms with E-state index in [0.717, 1.165) is 5.56 Å². The predicted molar refractivity (Wildman–Crippen MR) is 122 cm³/mol. The average Bonchev–Trinajstić information content (AvgIpc) is 2.72. The molecule has 11 nitrogen and oxygen atoms in total. The number of rotatable bonds is 12. The van der Waals surface area contributed by atoms with Gasteiger partial charge in [0.15, 0.2) is 0 Å². The molecule has 0 aliphatic heterocycles. The van der Waals surface area contributed by atoms with Crippen molar-refractivity contribution in [2.75, 3.05) is 11.9 Å². The number of hydrogen-bond acceptors (Lipinski definition) is 6. The highest BCUT2D eigenvalue weighted by Crippen LogP contribution is 2.12. The van der Waals surface area contributed by atoms with Gasteiger partial charge in [0.25, 0.3) is 0 Å². The summed E-state index contributed by atoms with van der Waals surface area (Å²) in [5, 5.41) is 10.5. The molecule has 6 N–H and O–H groups in total. The summed E-state index contributed by atoms with van der Waals surface area (Å²) in [5.41, 5.74) is 6.29. The van der Waals surface area contributed by atoms with E-state index < -0.39 is 35.9 Å². The van der Waals surface area contributed by atoms with Gasteiger partial charge in [0.1, 0.15) is 18.7 Å². The Labute approximate surface area is 193 Å². The molecule has 11 heteroatoms. The molecule has 33 heavy (non-hydrogen) atoms. The minimum absolute atomic E-state index is 0.120. The van der Waals surface area contributed by atoms with Crippen molar-refractivity contribution in [2.24, 2.45) is 11.7 Å². The minimum Gasteiger partial charge on any atom is -0.461 e. The smallest absolute Gasteiger partial charge is 0.312 e. The number of benzene rings is 1. The zero-order chi connectivity index (χ0) is 25.0. The Balaban J connectivity index is 2.87. The number of primary amides is 1. The second-order valence-corrected chi connectivity index (χ2v) is 7.88. The maximum absolute atomic E-state index is 12.9. The summed E-state index contributed by atoms with van der Waals surface area (Å²) in [7, 11) is 0. The van der Waals surface area contributed by atoms with Gasteiger partial charge in [-0.25, -0.2) is 4.79 Å². The molecular weight excluding hydrogens is 430 g/mol. The van der Waals surface area contributed by atoms with Crippen LogP contribution in [0.5, 0.6) is 0 Å². The van der Waals surface area contributed by atoms with Crippen molar-refractivity contribution in [1.29, 1.82) is 0 Å². The molecular formula is C22H33N5O6. The highest BCUT2D eigenvalue weighted by Gasteiger charge is 2.28.